The van der Waals surface area contributed by atoms with Gasteiger partial charge in [0.25, 0.3) is 0 Å². The molecule has 0 radical (unpaired) electrons. The Bertz CT molecular complexity index is 1590. The quantitative estimate of drug-likeness (QED) is 0.281. The molecule has 0 amide bonds. The molecule has 7 nitrogen and oxygen atoms in total. The lowest BCUT2D eigenvalue weighted by Gasteiger charge is -2.38. The van der Waals surface area contributed by atoms with Gasteiger partial charge >= 0.3 is 5.69 Å². The van der Waals surface area contributed by atoms with Crippen molar-refractivity contribution < 1.29 is 9.50 Å². The predicted molar refractivity (Wildman–Crippen MR) is 164 cm³/mol. The fourth-order valence-corrected chi connectivity index (χ4v) is 6.36. The zero-order valence-corrected chi connectivity index (χ0v) is 25.0. The van der Waals surface area contributed by atoms with Crippen LogP contribution in [0.2, 0.25) is 0 Å². The number of rotatable bonds is 7. The van der Waals surface area contributed by atoms with Crippen molar-refractivity contribution >= 4 is 29.2 Å². The molecule has 1 N–H and O–H groups in total. The van der Waals surface area contributed by atoms with Crippen molar-refractivity contribution in [2.45, 2.75) is 29.8 Å². The number of imidazole rings is 1. The Morgan fingerprint density at radius 1 is 0.925 bits per heavy atom. The van der Waals surface area contributed by atoms with Gasteiger partial charge in [0.05, 0.1) is 11.4 Å². The normalized spacial score (nSPS) is 14.3. The molecule has 10 heteroatoms. The lowest BCUT2D eigenvalue weighted by atomic mass is 9.97. The summed E-state index contributed by atoms with van der Waals surface area (Å²) in [5.41, 5.74) is 3.69. The summed E-state index contributed by atoms with van der Waals surface area (Å²) in [7, 11) is 1.70. The first-order valence-corrected chi connectivity index (χ1v) is 15.7. The van der Waals surface area contributed by atoms with E-state index in [9.17, 15) is 9.90 Å². The number of aryl methyl sites for hydroxylation is 1. The Morgan fingerprint density at radius 2 is 1.62 bits per heavy atom. The van der Waals surface area contributed by atoms with Crippen LogP contribution >= 0.6 is 23.5 Å². The summed E-state index contributed by atoms with van der Waals surface area (Å²) in [4.78, 5) is 22.9. The number of anilines is 1. The van der Waals surface area contributed by atoms with Crippen molar-refractivity contribution in [3.8, 4) is 33.7 Å². The van der Waals surface area contributed by atoms with E-state index >= 15 is 4.39 Å². The molecular weight excluding hydrogens is 545 g/mol. The number of halogens is 1. The number of aromatic nitrogens is 3. The van der Waals surface area contributed by atoms with Crippen LogP contribution in [0.15, 0.2) is 69.7 Å². The number of aromatic hydroxyl groups is 1. The van der Waals surface area contributed by atoms with E-state index < -0.39 is 5.82 Å². The van der Waals surface area contributed by atoms with E-state index in [1.165, 1.54) is 28.5 Å². The molecule has 1 saturated heterocycles. The summed E-state index contributed by atoms with van der Waals surface area (Å²) in [6, 6.07) is 10.7. The van der Waals surface area contributed by atoms with Crippen LogP contribution < -0.4 is 10.6 Å². The van der Waals surface area contributed by atoms with Crippen molar-refractivity contribution in [3.63, 3.8) is 0 Å². The molecular formula is C30H34FN5O2S2. The second-order valence-corrected chi connectivity index (χ2v) is 11.8. The number of hydrogen-bond donors (Lipinski definition) is 1. The van der Waals surface area contributed by atoms with Crippen LogP contribution in [0.1, 0.15) is 13.8 Å². The highest BCUT2D eigenvalue weighted by Gasteiger charge is 2.23. The smallest absolute Gasteiger partial charge is 0.332 e. The fourth-order valence-electron chi connectivity index (χ4n) is 5.18. The van der Waals surface area contributed by atoms with Crippen molar-refractivity contribution in [2.24, 2.45) is 7.05 Å². The second-order valence-electron chi connectivity index (χ2n) is 10.2. The van der Waals surface area contributed by atoms with Gasteiger partial charge in [-0.1, -0.05) is 6.07 Å². The first-order chi connectivity index (χ1) is 19.2. The maximum atomic E-state index is 15.1. The number of thioether (sulfide) groups is 2. The molecule has 3 heterocycles. The van der Waals surface area contributed by atoms with E-state index in [2.05, 4.69) is 23.6 Å². The average molecular weight is 580 g/mol. The lowest BCUT2D eigenvalue weighted by molar-refractivity contribution is 0.209. The van der Waals surface area contributed by atoms with E-state index in [4.69, 9.17) is 4.98 Å². The molecule has 0 unspecified atom stereocenters. The highest BCUT2D eigenvalue weighted by Crippen LogP contribution is 2.42. The maximum absolute atomic E-state index is 15.1. The molecule has 1 fully saturated rings. The molecule has 0 bridgehead atoms. The Balaban J connectivity index is 1.54. The largest absolute Gasteiger partial charge is 0.507 e. The minimum absolute atomic E-state index is 0.00707. The molecule has 1 aliphatic rings. The standard InChI is InChI=1S/C30H34FN5O2S2/c1-19(2)34-9-11-35(12-10-34)26-14-21(18-32-29(26)40-5)24-17-22(31)16-23(28(24)37)20-6-7-25(27(15-20)39-4)36-13-8-33(3)30(36)38/h6-8,13-19,37H,9-12H2,1-5H3. The first-order valence-electron chi connectivity index (χ1n) is 13.2. The summed E-state index contributed by atoms with van der Waals surface area (Å²) in [6.07, 6.45) is 9.07. The van der Waals surface area contributed by atoms with Gasteiger partial charge in [0.1, 0.15) is 16.6 Å². The second kappa shape index (κ2) is 11.7. The predicted octanol–water partition coefficient (Wildman–Crippen LogP) is 5.72. The molecule has 0 spiro atoms. The Morgan fingerprint density at radius 3 is 2.23 bits per heavy atom. The highest BCUT2D eigenvalue weighted by molar-refractivity contribution is 7.99. The van der Waals surface area contributed by atoms with Crippen LogP contribution in [0.3, 0.4) is 0 Å². The van der Waals surface area contributed by atoms with Crippen LogP contribution in [0, 0.1) is 5.82 Å². The lowest BCUT2D eigenvalue weighted by Crippen LogP contribution is -2.49. The van der Waals surface area contributed by atoms with Crippen molar-refractivity contribution in [2.75, 3.05) is 43.6 Å². The van der Waals surface area contributed by atoms with E-state index in [-0.39, 0.29) is 11.4 Å². The van der Waals surface area contributed by atoms with Gasteiger partial charge in [0.15, 0.2) is 0 Å². The summed E-state index contributed by atoms with van der Waals surface area (Å²) in [5, 5.41) is 12.4. The number of phenols is 1. The van der Waals surface area contributed by atoms with Gasteiger partial charge in [-0.15, -0.1) is 23.5 Å². The van der Waals surface area contributed by atoms with Crippen molar-refractivity contribution in [1.82, 2.24) is 19.0 Å². The summed E-state index contributed by atoms with van der Waals surface area (Å²) >= 11 is 3.07. The number of piperazine rings is 1. The zero-order chi connectivity index (χ0) is 28.6. The highest BCUT2D eigenvalue weighted by atomic mass is 32.2. The third kappa shape index (κ3) is 5.40. The van der Waals surface area contributed by atoms with Gasteiger partial charge in [-0.05, 0) is 62.3 Å². The van der Waals surface area contributed by atoms with Crippen molar-refractivity contribution in [1.29, 1.82) is 0 Å². The van der Waals surface area contributed by atoms with Gasteiger partial charge in [-0.2, -0.15) is 0 Å². The molecule has 0 atom stereocenters. The number of phenolic OH excluding ortho intramolecular Hbond substituents is 1. The van der Waals surface area contributed by atoms with Crippen LogP contribution in [-0.4, -0.2) is 68.9 Å². The summed E-state index contributed by atoms with van der Waals surface area (Å²) in [5.74, 6) is -0.453. The molecule has 0 saturated carbocycles. The minimum atomic E-state index is -0.446. The third-order valence-corrected chi connectivity index (χ3v) is 8.96. The number of hydrogen-bond acceptors (Lipinski definition) is 7. The number of pyridine rings is 1. The van der Waals surface area contributed by atoms with E-state index in [1.54, 1.807) is 42.0 Å². The molecule has 5 rings (SSSR count). The molecule has 4 aromatic rings. The third-order valence-electron chi connectivity index (χ3n) is 7.49. The maximum Gasteiger partial charge on any atom is 0.332 e. The molecule has 210 valence electrons. The van der Waals surface area contributed by atoms with Gasteiger partial charge in [-0.3, -0.25) is 9.47 Å². The van der Waals surface area contributed by atoms with Gasteiger partial charge in [-0.25, -0.2) is 14.2 Å². The van der Waals surface area contributed by atoms with E-state index in [1.807, 2.05) is 36.8 Å². The summed E-state index contributed by atoms with van der Waals surface area (Å²) < 4.78 is 18.2. The molecule has 40 heavy (non-hydrogen) atoms. The molecule has 2 aromatic carbocycles. The Kier molecular flexibility index (Phi) is 8.30. The summed E-state index contributed by atoms with van der Waals surface area (Å²) in [6.45, 7) is 8.12. The van der Waals surface area contributed by atoms with E-state index in [0.29, 0.717) is 28.3 Å². The van der Waals surface area contributed by atoms with Crippen LogP contribution in [0.5, 0.6) is 5.75 Å². The molecule has 0 aliphatic carbocycles. The monoisotopic (exact) mass is 579 g/mol. The zero-order valence-electron chi connectivity index (χ0n) is 23.4. The number of nitrogens with zero attached hydrogens (tertiary/aromatic N) is 5. The van der Waals surface area contributed by atoms with Crippen LogP contribution in [0.25, 0.3) is 27.9 Å². The minimum Gasteiger partial charge on any atom is -0.507 e. The van der Waals surface area contributed by atoms with Gasteiger partial charge < -0.3 is 14.6 Å². The fraction of sp³-hybridized carbons (Fsp3) is 0.333. The number of benzene rings is 2. The SMILES string of the molecule is CSc1cc(-c2cc(F)cc(-c3cnc(SC)c(N4CCN(C(C)C)CC4)c3)c2O)ccc1-n1ccn(C)c1=O. The molecule has 1 aliphatic heterocycles. The Labute approximate surface area is 242 Å². The first kappa shape index (κ1) is 28.3. The average Bonchev–Trinajstić information content (AvgIpc) is 3.30. The van der Waals surface area contributed by atoms with Crippen LogP contribution in [0.4, 0.5) is 10.1 Å². The van der Waals surface area contributed by atoms with Gasteiger partial charge in [0.2, 0.25) is 0 Å². The van der Waals surface area contributed by atoms with Crippen LogP contribution in [-0.2, 0) is 7.05 Å². The van der Waals surface area contributed by atoms with Gasteiger partial charge in [0, 0.05) is 79.4 Å². The topological polar surface area (TPSA) is 66.5 Å². The van der Waals surface area contributed by atoms with Crippen molar-refractivity contribution in [3.05, 3.63) is 71.3 Å². The van der Waals surface area contributed by atoms with E-state index in [0.717, 1.165) is 47.5 Å². The molecule has 2 aromatic heterocycles. The Hall–Kier alpha value is -3.21.